The van der Waals surface area contributed by atoms with Gasteiger partial charge in [-0.25, -0.2) is 0 Å². The van der Waals surface area contributed by atoms with Crippen molar-refractivity contribution >= 4 is 28.6 Å². The van der Waals surface area contributed by atoms with Crippen LogP contribution in [-0.4, -0.2) is 21.3 Å². The monoisotopic (exact) mass is 233 g/mol. The molecule has 0 saturated heterocycles. The SMILES string of the molecule is CC(Sc1cccc2cccnc12)C(=O)O. The van der Waals surface area contributed by atoms with Gasteiger partial charge < -0.3 is 5.11 Å². The molecule has 0 aliphatic heterocycles. The Labute approximate surface area is 97.5 Å². The van der Waals surface area contributed by atoms with Crippen LogP contribution >= 0.6 is 11.8 Å². The van der Waals surface area contributed by atoms with Gasteiger partial charge in [-0.05, 0) is 19.1 Å². The molecule has 1 atom stereocenters. The van der Waals surface area contributed by atoms with Crippen LogP contribution in [0.25, 0.3) is 10.9 Å². The number of aromatic nitrogens is 1. The lowest BCUT2D eigenvalue weighted by Crippen LogP contribution is -2.11. The standard InChI is InChI=1S/C12H11NO2S/c1-8(12(14)15)16-10-6-2-4-9-5-3-7-13-11(9)10/h2-8H,1H3,(H,14,15). The van der Waals surface area contributed by atoms with E-state index in [9.17, 15) is 4.79 Å². The Bertz CT molecular complexity index is 522. The summed E-state index contributed by atoms with van der Waals surface area (Å²) in [5, 5.41) is 9.44. The van der Waals surface area contributed by atoms with Crippen molar-refractivity contribution in [3.05, 3.63) is 36.5 Å². The molecule has 82 valence electrons. The third kappa shape index (κ3) is 2.17. The predicted octanol–water partition coefficient (Wildman–Crippen LogP) is 2.80. The molecule has 1 aromatic carbocycles. The maximum atomic E-state index is 10.8. The second kappa shape index (κ2) is 4.53. The summed E-state index contributed by atoms with van der Waals surface area (Å²) in [5.74, 6) is -0.807. The fourth-order valence-electron chi connectivity index (χ4n) is 1.41. The molecule has 0 bridgehead atoms. The van der Waals surface area contributed by atoms with Crippen LogP contribution in [0.2, 0.25) is 0 Å². The highest BCUT2D eigenvalue weighted by Gasteiger charge is 2.14. The van der Waals surface area contributed by atoms with E-state index < -0.39 is 11.2 Å². The smallest absolute Gasteiger partial charge is 0.316 e. The predicted molar refractivity (Wildman–Crippen MR) is 64.7 cm³/mol. The van der Waals surface area contributed by atoms with Crippen molar-refractivity contribution in [1.29, 1.82) is 0 Å². The number of nitrogens with zero attached hydrogens (tertiary/aromatic N) is 1. The summed E-state index contributed by atoms with van der Waals surface area (Å²) in [5.41, 5.74) is 0.864. The summed E-state index contributed by atoms with van der Waals surface area (Å²) in [6.07, 6.45) is 1.72. The summed E-state index contributed by atoms with van der Waals surface area (Å²) < 4.78 is 0. The van der Waals surface area contributed by atoms with Gasteiger partial charge in [0, 0.05) is 16.5 Å². The fourth-order valence-corrected chi connectivity index (χ4v) is 2.33. The summed E-state index contributed by atoms with van der Waals surface area (Å²) in [4.78, 5) is 16.0. The summed E-state index contributed by atoms with van der Waals surface area (Å²) in [7, 11) is 0. The molecular formula is C12H11NO2S. The van der Waals surface area contributed by atoms with Crippen LogP contribution in [0.3, 0.4) is 0 Å². The zero-order valence-corrected chi connectivity index (χ0v) is 9.57. The number of pyridine rings is 1. The molecule has 2 aromatic rings. The van der Waals surface area contributed by atoms with E-state index in [0.717, 1.165) is 15.8 Å². The summed E-state index contributed by atoms with van der Waals surface area (Å²) in [6.45, 7) is 1.68. The van der Waals surface area contributed by atoms with Crippen molar-refractivity contribution in [1.82, 2.24) is 4.98 Å². The van der Waals surface area contributed by atoms with E-state index in [0.29, 0.717) is 0 Å². The molecule has 1 unspecified atom stereocenters. The Kier molecular flexibility index (Phi) is 3.10. The minimum absolute atomic E-state index is 0.465. The second-order valence-corrected chi connectivity index (χ2v) is 4.81. The first-order valence-corrected chi connectivity index (χ1v) is 5.79. The van der Waals surface area contributed by atoms with Gasteiger partial charge in [0.1, 0.15) is 5.25 Å². The van der Waals surface area contributed by atoms with Gasteiger partial charge in [-0.3, -0.25) is 9.78 Å². The van der Waals surface area contributed by atoms with E-state index in [4.69, 9.17) is 5.11 Å². The van der Waals surface area contributed by atoms with Crippen molar-refractivity contribution in [3.63, 3.8) is 0 Å². The van der Waals surface area contributed by atoms with Crippen LogP contribution in [0, 0.1) is 0 Å². The lowest BCUT2D eigenvalue weighted by atomic mass is 10.2. The Morgan fingerprint density at radius 2 is 2.12 bits per heavy atom. The van der Waals surface area contributed by atoms with Crippen molar-refractivity contribution in [2.24, 2.45) is 0 Å². The highest BCUT2D eigenvalue weighted by molar-refractivity contribution is 8.00. The maximum Gasteiger partial charge on any atom is 0.316 e. The van der Waals surface area contributed by atoms with Crippen molar-refractivity contribution < 1.29 is 9.90 Å². The first kappa shape index (κ1) is 11.0. The van der Waals surface area contributed by atoms with E-state index >= 15 is 0 Å². The molecule has 0 amide bonds. The number of carbonyl (C=O) groups is 1. The zero-order chi connectivity index (χ0) is 11.5. The van der Waals surface area contributed by atoms with Crippen molar-refractivity contribution in [2.75, 3.05) is 0 Å². The number of carboxylic acids is 1. The van der Waals surface area contributed by atoms with E-state index in [-0.39, 0.29) is 0 Å². The minimum atomic E-state index is -0.807. The number of thioether (sulfide) groups is 1. The minimum Gasteiger partial charge on any atom is -0.480 e. The molecule has 1 heterocycles. The zero-order valence-electron chi connectivity index (χ0n) is 8.75. The molecule has 1 aromatic heterocycles. The number of fused-ring (bicyclic) bond motifs is 1. The third-order valence-electron chi connectivity index (χ3n) is 2.25. The van der Waals surface area contributed by atoms with Gasteiger partial charge in [0.05, 0.1) is 5.52 Å². The quantitative estimate of drug-likeness (QED) is 0.828. The number of carboxylic acid groups (broad SMARTS) is 1. The highest BCUT2D eigenvalue weighted by Crippen LogP contribution is 2.29. The van der Waals surface area contributed by atoms with Gasteiger partial charge in [-0.2, -0.15) is 0 Å². The third-order valence-corrected chi connectivity index (χ3v) is 3.39. The maximum absolute atomic E-state index is 10.8. The number of hydrogen-bond acceptors (Lipinski definition) is 3. The van der Waals surface area contributed by atoms with E-state index in [1.165, 1.54) is 11.8 Å². The average molecular weight is 233 g/mol. The molecule has 0 radical (unpaired) electrons. The topological polar surface area (TPSA) is 50.2 Å². The molecule has 3 nitrogen and oxygen atoms in total. The van der Waals surface area contributed by atoms with Gasteiger partial charge in [-0.15, -0.1) is 11.8 Å². The highest BCUT2D eigenvalue weighted by atomic mass is 32.2. The van der Waals surface area contributed by atoms with Crippen LogP contribution in [0.15, 0.2) is 41.4 Å². The van der Waals surface area contributed by atoms with E-state index in [2.05, 4.69) is 4.98 Å². The van der Waals surface area contributed by atoms with Gasteiger partial charge in [-0.1, -0.05) is 18.2 Å². The fraction of sp³-hybridized carbons (Fsp3) is 0.167. The van der Waals surface area contributed by atoms with Crippen LogP contribution in [0.4, 0.5) is 0 Å². The molecule has 0 aliphatic carbocycles. The molecule has 1 N–H and O–H groups in total. The molecule has 0 fully saturated rings. The molecule has 0 aliphatic rings. The van der Waals surface area contributed by atoms with Crippen LogP contribution in [0.1, 0.15) is 6.92 Å². The Morgan fingerprint density at radius 1 is 1.38 bits per heavy atom. The van der Waals surface area contributed by atoms with Crippen LogP contribution in [-0.2, 0) is 4.79 Å². The molecule has 0 saturated carbocycles. The second-order valence-electron chi connectivity index (χ2n) is 3.43. The lowest BCUT2D eigenvalue weighted by molar-refractivity contribution is -0.136. The van der Waals surface area contributed by atoms with E-state index in [1.54, 1.807) is 13.1 Å². The Balaban J connectivity index is 2.41. The lowest BCUT2D eigenvalue weighted by Gasteiger charge is -2.08. The molecule has 4 heteroatoms. The molecule has 2 rings (SSSR count). The molecule has 16 heavy (non-hydrogen) atoms. The number of aliphatic carboxylic acids is 1. The largest absolute Gasteiger partial charge is 0.480 e. The van der Waals surface area contributed by atoms with Crippen LogP contribution in [0.5, 0.6) is 0 Å². The van der Waals surface area contributed by atoms with Crippen molar-refractivity contribution in [2.45, 2.75) is 17.1 Å². The normalized spacial score (nSPS) is 12.6. The van der Waals surface area contributed by atoms with E-state index in [1.807, 2.05) is 30.3 Å². The van der Waals surface area contributed by atoms with Gasteiger partial charge in [0.15, 0.2) is 0 Å². The molecule has 0 spiro atoms. The Morgan fingerprint density at radius 3 is 2.88 bits per heavy atom. The van der Waals surface area contributed by atoms with Crippen molar-refractivity contribution in [3.8, 4) is 0 Å². The summed E-state index contributed by atoms with van der Waals surface area (Å²) >= 11 is 1.32. The first-order chi connectivity index (χ1) is 7.68. The van der Waals surface area contributed by atoms with Gasteiger partial charge in [0.2, 0.25) is 0 Å². The molecular weight excluding hydrogens is 222 g/mol. The Hall–Kier alpha value is -1.55. The first-order valence-electron chi connectivity index (χ1n) is 4.91. The number of hydrogen-bond donors (Lipinski definition) is 1. The summed E-state index contributed by atoms with van der Waals surface area (Å²) in [6, 6.07) is 9.63. The van der Waals surface area contributed by atoms with Gasteiger partial charge in [0.25, 0.3) is 0 Å². The average Bonchev–Trinajstić information content (AvgIpc) is 2.29. The van der Waals surface area contributed by atoms with Crippen LogP contribution < -0.4 is 0 Å². The van der Waals surface area contributed by atoms with Gasteiger partial charge >= 0.3 is 5.97 Å². The number of para-hydroxylation sites is 1. The number of benzene rings is 1. The number of rotatable bonds is 3.